The molecule has 222 valence electrons. The first-order valence-corrected chi connectivity index (χ1v) is 15.1. The first-order valence-electron chi connectivity index (χ1n) is 13.2. The fourth-order valence-corrected chi connectivity index (χ4v) is 5.06. The van der Waals surface area contributed by atoms with Crippen molar-refractivity contribution >= 4 is 33.4 Å². The quantitative estimate of drug-likeness (QED) is 0.268. The number of nitrogens with one attached hydrogen (secondary N) is 2. The highest BCUT2D eigenvalue weighted by Gasteiger charge is 2.30. The van der Waals surface area contributed by atoms with E-state index in [-0.39, 0.29) is 42.8 Å². The second-order valence-electron chi connectivity index (χ2n) is 9.20. The second kappa shape index (κ2) is 16.5. The molecule has 2 amide bonds. The van der Waals surface area contributed by atoms with E-state index in [1.165, 1.54) is 31.4 Å². The largest absolute Gasteiger partial charge is 0.497 e. The van der Waals surface area contributed by atoms with Gasteiger partial charge in [-0.3, -0.25) is 9.59 Å². The van der Waals surface area contributed by atoms with Crippen molar-refractivity contribution in [2.24, 2.45) is 0 Å². The molecule has 0 saturated heterocycles. The number of carbonyl (C=O) groups excluding carboxylic acids is 2. The number of carbonyl (C=O) groups is 2. The molecule has 0 bridgehead atoms. The van der Waals surface area contributed by atoms with Crippen LogP contribution in [-0.4, -0.2) is 76.9 Å². The predicted octanol–water partition coefficient (Wildman–Crippen LogP) is 3.38. The number of nitrogens with zero attached hydrogens (tertiary/aromatic N) is 1. The van der Waals surface area contributed by atoms with Gasteiger partial charge in [0.05, 0.1) is 18.6 Å². The van der Waals surface area contributed by atoms with Gasteiger partial charge >= 0.3 is 0 Å². The van der Waals surface area contributed by atoms with E-state index in [0.717, 1.165) is 5.56 Å². The van der Waals surface area contributed by atoms with Crippen molar-refractivity contribution in [3.63, 3.8) is 0 Å². The van der Waals surface area contributed by atoms with Crippen molar-refractivity contribution in [3.05, 3.63) is 59.1 Å². The normalized spacial score (nSPS) is 12.4. The van der Waals surface area contributed by atoms with E-state index in [1.54, 1.807) is 29.2 Å². The van der Waals surface area contributed by atoms with Crippen LogP contribution >= 0.6 is 11.6 Å². The molecule has 40 heavy (non-hydrogen) atoms. The smallest absolute Gasteiger partial charge is 0.245 e. The molecule has 1 unspecified atom stereocenters. The van der Waals surface area contributed by atoms with Crippen molar-refractivity contribution in [1.82, 2.24) is 14.9 Å². The molecule has 2 aromatic carbocycles. The Kier molecular flexibility index (Phi) is 13.9. The third kappa shape index (κ3) is 10.7. The monoisotopic (exact) mass is 597 g/mol. The van der Waals surface area contributed by atoms with Crippen LogP contribution in [0.25, 0.3) is 0 Å². The minimum Gasteiger partial charge on any atom is -0.497 e. The third-order valence-electron chi connectivity index (χ3n) is 5.96. The Morgan fingerprint density at radius 2 is 1.57 bits per heavy atom. The standard InChI is InChI=1S/C28H40ClN3O7S/c1-6-38-27(39-7-2)19-32(20(3)4)28(34)25(18-21-8-10-22(29)11-9-21)31-26(33)16-17-30-40(35,36)24-14-12-23(37-5)13-15-24/h8-15,20,25,27,30H,6-7,16-19H2,1-5H3,(H,31,33). The minimum atomic E-state index is -3.83. The maximum Gasteiger partial charge on any atom is 0.245 e. The summed E-state index contributed by atoms with van der Waals surface area (Å²) in [6, 6.07) is 11.8. The van der Waals surface area contributed by atoms with Gasteiger partial charge in [0.1, 0.15) is 11.8 Å². The zero-order chi connectivity index (χ0) is 29.7. The van der Waals surface area contributed by atoms with Gasteiger partial charge in [-0.25, -0.2) is 13.1 Å². The lowest BCUT2D eigenvalue weighted by atomic mass is 10.0. The molecule has 0 fully saturated rings. The van der Waals surface area contributed by atoms with E-state index < -0.39 is 28.3 Å². The summed E-state index contributed by atoms with van der Waals surface area (Å²) in [7, 11) is -2.34. The molecule has 0 aliphatic carbocycles. The van der Waals surface area contributed by atoms with Gasteiger partial charge in [0.25, 0.3) is 0 Å². The van der Waals surface area contributed by atoms with Crippen LogP contribution in [0.5, 0.6) is 5.75 Å². The number of benzene rings is 2. The second-order valence-corrected chi connectivity index (χ2v) is 11.4. The van der Waals surface area contributed by atoms with Gasteiger partial charge in [-0.1, -0.05) is 23.7 Å². The minimum absolute atomic E-state index is 0.0511. The van der Waals surface area contributed by atoms with E-state index in [9.17, 15) is 18.0 Å². The fraction of sp³-hybridized carbons (Fsp3) is 0.500. The highest BCUT2D eigenvalue weighted by atomic mass is 35.5. The molecule has 2 rings (SSSR count). The Bertz CT molecular complexity index is 1170. The molecule has 0 aliphatic heterocycles. The number of halogens is 1. The molecule has 0 heterocycles. The van der Waals surface area contributed by atoms with E-state index >= 15 is 0 Å². The molecule has 0 aliphatic rings. The topological polar surface area (TPSA) is 123 Å². The highest BCUT2D eigenvalue weighted by Crippen LogP contribution is 2.16. The molecular weight excluding hydrogens is 558 g/mol. The summed E-state index contributed by atoms with van der Waals surface area (Å²) in [6.07, 6.45) is -0.557. The van der Waals surface area contributed by atoms with Gasteiger partial charge in [-0.2, -0.15) is 0 Å². The van der Waals surface area contributed by atoms with Crippen molar-refractivity contribution in [1.29, 1.82) is 0 Å². The average Bonchev–Trinajstić information content (AvgIpc) is 2.92. The Labute approximate surface area is 242 Å². The number of hydrogen-bond acceptors (Lipinski definition) is 7. The molecule has 12 heteroatoms. The number of amides is 2. The van der Waals surface area contributed by atoms with Gasteiger partial charge in [-0.05, 0) is 69.7 Å². The highest BCUT2D eigenvalue weighted by molar-refractivity contribution is 7.89. The first-order chi connectivity index (χ1) is 19.0. The molecule has 10 nitrogen and oxygen atoms in total. The van der Waals surface area contributed by atoms with Crippen LogP contribution in [0, 0.1) is 0 Å². The molecule has 2 aromatic rings. The summed E-state index contributed by atoms with van der Waals surface area (Å²) in [4.78, 5) is 28.3. The zero-order valence-corrected chi connectivity index (χ0v) is 25.3. The maximum absolute atomic E-state index is 13.8. The van der Waals surface area contributed by atoms with Crippen LogP contribution in [0.4, 0.5) is 0 Å². The summed E-state index contributed by atoms with van der Waals surface area (Å²) in [5.74, 6) is -0.250. The van der Waals surface area contributed by atoms with Gasteiger partial charge in [0.15, 0.2) is 6.29 Å². The maximum atomic E-state index is 13.8. The average molecular weight is 598 g/mol. The van der Waals surface area contributed by atoms with E-state index in [1.807, 2.05) is 27.7 Å². The fourth-order valence-electron chi connectivity index (χ4n) is 3.90. The van der Waals surface area contributed by atoms with E-state index in [0.29, 0.717) is 24.0 Å². The number of rotatable bonds is 17. The van der Waals surface area contributed by atoms with Crippen molar-refractivity contribution < 1.29 is 32.2 Å². The van der Waals surface area contributed by atoms with Crippen molar-refractivity contribution in [3.8, 4) is 5.75 Å². The Morgan fingerprint density at radius 3 is 2.10 bits per heavy atom. The lowest BCUT2D eigenvalue weighted by molar-refractivity contribution is -0.163. The van der Waals surface area contributed by atoms with Gasteiger partial charge < -0.3 is 24.4 Å². The van der Waals surface area contributed by atoms with Crippen LogP contribution in [0.15, 0.2) is 53.4 Å². The molecule has 0 aromatic heterocycles. The Balaban J connectivity index is 2.14. The van der Waals surface area contributed by atoms with Crippen molar-refractivity contribution in [2.45, 2.75) is 63.8 Å². The van der Waals surface area contributed by atoms with Gasteiger partial charge in [0.2, 0.25) is 21.8 Å². The Morgan fingerprint density at radius 1 is 0.975 bits per heavy atom. The number of ether oxygens (including phenoxy) is 3. The van der Waals surface area contributed by atoms with E-state index in [2.05, 4.69) is 10.0 Å². The van der Waals surface area contributed by atoms with Crippen LogP contribution in [0.2, 0.25) is 5.02 Å². The van der Waals surface area contributed by atoms with Gasteiger partial charge in [-0.15, -0.1) is 0 Å². The van der Waals surface area contributed by atoms with Crippen molar-refractivity contribution in [2.75, 3.05) is 33.4 Å². The van der Waals surface area contributed by atoms with Crippen LogP contribution in [-0.2, 0) is 35.5 Å². The first kappa shape index (κ1) is 33.5. The molecule has 0 radical (unpaired) electrons. The molecule has 0 saturated carbocycles. The number of sulfonamides is 1. The SMILES string of the molecule is CCOC(CN(C(=O)C(Cc1ccc(Cl)cc1)NC(=O)CCNS(=O)(=O)c1ccc(OC)cc1)C(C)C)OCC. The summed E-state index contributed by atoms with van der Waals surface area (Å²) >= 11 is 6.02. The third-order valence-corrected chi connectivity index (χ3v) is 7.69. The summed E-state index contributed by atoms with van der Waals surface area (Å²) in [5.41, 5.74) is 0.804. The van der Waals surface area contributed by atoms with Gasteiger partial charge in [0, 0.05) is 43.7 Å². The Hall–Kier alpha value is -2.70. The molecule has 1 atom stereocenters. The molecule has 2 N–H and O–H groups in total. The molecule has 0 spiro atoms. The zero-order valence-electron chi connectivity index (χ0n) is 23.7. The predicted molar refractivity (Wildman–Crippen MR) is 154 cm³/mol. The van der Waals surface area contributed by atoms with Crippen LogP contribution in [0.3, 0.4) is 0 Å². The number of methoxy groups -OCH3 is 1. The lowest BCUT2D eigenvalue weighted by Crippen LogP contribution is -2.54. The summed E-state index contributed by atoms with van der Waals surface area (Å²) in [5, 5.41) is 3.35. The van der Waals surface area contributed by atoms with Crippen LogP contribution in [0.1, 0.15) is 39.7 Å². The lowest BCUT2D eigenvalue weighted by Gasteiger charge is -2.33. The summed E-state index contributed by atoms with van der Waals surface area (Å²) < 4.78 is 44.0. The number of hydrogen-bond donors (Lipinski definition) is 2. The molecular formula is C28H40ClN3O7S. The van der Waals surface area contributed by atoms with Crippen LogP contribution < -0.4 is 14.8 Å². The van der Waals surface area contributed by atoms with E-state index in [4.69, 9.17) is 25.8 Å². The summed E-state index contributed by atoms with van der Waals surface area (Å²) in [6.45, 7) is 8.33.